The molecule has 1 heterocycles. The number of nitrogens with zero attached hydrogens (tertiary/aromatic N) is 4. The van der Waals surface area contributed by atoms with E-state index < -0.39 is 0 Å². The summed E-state index contributed by atoms with van der Waals surface area (Å²) < 4.78 is 2.09. The van der Waals surface area contributed by atoms with Crippen LogP contribution in [0.5, 0.6) is 0 Å². The first kappa shape index (κ1) is 15.2. The van der Waals surface area contributed by atoms with Gasteiger partial charge in [-0.25, -0.2) is 0 Å². The Morgan fingerprint density at radius 3 is 3.10 bits per heavy atom. The van der Waals surface area contributed by atoms with E-state index in [1.807, 2.05) is 11.8 Å². The standard InChI is InChI=1S/C13H24N6S/c1-3-12-18-16-10-19(12)8-6-14-13(15-7-9-20-2)17-11-4-5-11/h10-11H,3-9H2,1-2H3,(H2,14,15,17). The zero-order valence-corrected chi connectivity index (χ0v) is 13.1. The van der Waals surface area contributed by atoms with E-state index in [9.17, 15) is 0 Å². The van der Waals surface area contributed by atoms with Gasteiger partial charge in [0, 0.05) is 31.3 Å². The van der Waals surface area contributed by atoms with E-state index in [1.54, 1.807) is 6.33 Å². The van der Waals surface area contributed by atoms with E-state index in [1.165, 1.54) is 12.8 Å². The summed E-state index contributed by atoms with van der Waals surface area (Å²) in [5.41, 5.74) is 0. The lowest BCUT2D eigenvalue weighted by Crippen LogP contribution is -2.40. The second kappa shape index (κ2) is 8.14. The predicted octanol–water partition coefficient (Wildman–Crippen LogP) is 0.901. The Morgan fingerprint density at radius 2 is 2.40 bits per heavy atom. The molecule has 0 amide bonds. The highest BCUT2D eigenvalue weighted by molar-refractivity contribution is 7.98. The van der Waals surface area contributed by atoms with Gasteiger partial charge in [-0.1, -0.05) is 6.92 Å². The van der Waals surface area contributed by atoms with E-state index >= 15 is 0 Å². The Balaban J connectivity index is 1.77. The molecule has 1 saturated carbocycles. The smallest absolute Gasteiger partial charge is 0.191 e. The van der Waals surface area contributed by atoms with Crippen LogP contribution in [-0.4, -0.2) is 51.9 Å². The van der Waals surface area contributed by atoms with Crippen molar-refractivity contribution in [2.45, 2.75) is 38.8 Å². The Labute approximate surface area is 124 Å². The molecule has 2 rings (SSSR count). The van der Waals surface area contributed by atoms with Crippen LogP contribution in [0.4, 0.5) is 0 Å². The molecule has 0 saturated heterocycles. The quantitative estimate of drug-likeness (QED) is 0.424. The fraction of sp³-hybridized carbons (Fsp3) is 0.769. The number of hydrogen-bond donors (Lipinski definition) is 2. The fourth-order valence-corrected chi connectivity index (χ4v) is 2.13. The number of aromatic nitrogens is 3. The van der Waals surface area contributed by atoms with E-state index in [0.717, 1.165) is 43.6 Å². The summed E-state index contributed by atoms with van der Waals surface area (Å²) in [6.07, 6.45) is 7.33. The highest BCUT2D eigenvalue weighted by Gasteiger charge is 2.22. The maximum absolute atomic E-state index is 4.59. The SMILES string of the molecule is CCc1nncn1CCNC(=NCCSC)NC1CC1. The molecule has 1 aromatic rings. The van der Waals surface area contributed by atoms with Crippen molar-refractivity contribution in [1.29, 1.82) is 0 Å². The maximum Gasteiger partial charge on any atom is 0.191 e. The van der Waals surface area contributed by atoms with Crippen LogP contribution in [0.3, 0.4) is 0 Å². The van der Waals surface area contributed by atoms with E-state index in [-0.39, 0.29) is 0 Å². The number of rotatable bonds is 8. The summed E-state index contributed by atoms with van der Waals surface area (Å²) in [5, 5.41) is 14.9. The van der Waals surface area contributed by atoms with Crippen LogP contribution in [0.2, 0.25) is 0 Å². The zero-order chi connectivity index (χ0) is 14.2. The second-order valence-electron chi connectivity index (χ2n) is 4.86. The molecule has 0 aliphatic heterocycles. The van der Waals surface area contributed by atoms with Gasteiger partial charge in [-0.05, 0) is 19.1 Å². The molecule has 7 heteroatoms. The van der Waals surface area contributed by atoms with Crippen LogP contribution in [0, 0.1) is 0 Å². The van der Waals surface area contributed by atoms with Crippen molar-refractivity contribution in [1.82, 2.24) is 25.4 Å². The van der Waals surface area contributed by atoms with E-state index in [4.69, 9.17) is 0 Å². The number of hydrogen-bond acceptors (Lipinski definition) is 4. The summed E-state index contributed by atoms with van der Waals surface area (Å²) >= 11 is 1.82. The van der Waals surface area contributed by atoms with Gasteiger partial charge >= 0.3 is 0 Å². The molecule has 0 atom stereocenters. The summed E-state index contributed by atoms with van der Waals surface area (Å²) in [6.45, 7) is 4.65. The molecule has 0 radical (unpaired) electrons. The lowest BCUT2D eigenvalue weighted by molar-refractivity contribution is 0.631. The number of nitrogens with one attached hydrogen (secondary N) is 2. The Morgan fingerprint density at radius 1 is 1.55 bits per heavy atom. The van der Waals surface area contributed by atoms with Gasteiger partial charge in [0.15, 0.2) is 5.96 Å². The van der Waals surface area contributed by atoms with Crippen LogP contribution in [-0.2, 0) is 13.0 Å². The molecule has 1 aliphatic rings. The van der Waals surface area contributed by atoms with Gasteiger partial charge in [0.05, 0.1) is 6.54 Å². The van der Waals surface area contributed by atoms with Gasteiger partial charge < -0.3 is 15.2 Å². The number of guanidine groups is 1. The van der Waals surface area contributed by atoms with Gasteiger partial charge in [0.25, 0.3) is 0 Å². The predicted molar refractivity (Wildman–Crippen MR) is 84.2 cm³/mol. The topological polar surface area (TPSA) is 67.1 Å². The first-order chi connectivity index (χ1) is 9.83. The average molecular weight is 296 g/mol. The Hall–Kier alpha value is -1.24. The molecule has 1 aliphatic carbocycles. The van der Waals surface area contributed by atoms with Crippen LogP contribution in [0.15, 0.2) is 11.3 Å². The minimum absolute atomic E-state index is 0.622. The highest BCUT2D eigenvalue weighted by atomic mass is 32.2. The zero-order valence-electron chi connectivity index (χ0n) is 12.3. The van der Waals surface area contributed by atoms with Crippen molar-refractivity contribution in [3.8, 4) is 0 Å². The van der Waals surface area contributed by atoms with Crippen molar-refractivity contribution >= 4 is 17.7 Å². The lowest BCUT2D eigenvalue weighted by Gasteiger charge is -2.12. The Bertz CT molecular complexity index is 426. The molecule has 0 bridgehead atoms. The van der Waals surface area contributed by atoms with Gasteiger partial charge in [-0.3, -0.25) is 4.99 Å². The normalized spacial score (nSPS) is 15.4. The maximum atomic E-state index is 4.59. The van der Waals surface area contributed by atoms with Gasteiger partial charge in [0.2, 0.25) is 0 Å². The van der Waals surface area contributed by atoms with Crippen LogP contribution < -0.4 is 10.6 Å². The highest BCUT2D eigenvalue weighted by Crippen LogP contribution is 2.18. The Kier molecular flexibility index (Phi) is 6.17. The first-order valence-corrected chi connectivity index (χ1v) is 8.63. The number of aliphatic imine (C=N–C) groups is 1. The molecule has 0 spiro atoms. The summed E-state index contributed by atoms with van der Waals surface area (Å²) in [7, 11) is 0. The summed E-state index contributed by atoms with van der Waals surface area (Å²) in [6, 6.07) is 0.622. The van der Waals surface area contributed by atoms with Crippen molar-refractivity contribution in [3.63, 3.8) is 0 Å². The van der Waals surface area contributed by atoms with Crippen LogP contribution in [0.25, 0.3) is 0 Å². The third-order valence-electron chi connectivity index (χ3n) is 3.14. The molecule has 1 fully saturated rings. The molecular weight excluding hydrogens is 272 g/mol. The molecule has 20 heavy (non-hydrogen) atoms. The fourth-order valence-electron chi connectivity index (χ4n) is 1.86. The molecule has 0 unspecified atom stereocenters. The van der Waals surface area contributed by atoms with Crippen molar-refractivity contribution in [2.75, 3.05) is 25.1 Å². The molecular formula is C13H24N6S. The van der Waals surface area contributed by atoms with Crippen molar-refractivity contribution < 1.29 is 0 Å². The van der Waals surface area contributed by atoms with Crippen molar-refractivity contribution in [2.24, 2.45) is 4.99 Å². The van der Waals surface area contributed by atoms with Gasteiger partial charge in [-0.2, -0.15) is 11.8 Å². The minimum Gasteiger partial charge on any atom is -0.355 e. The third-order valence-corrected chi connectivity index (χ3v) is 3.73. The van der Waals surface area contributed by atoms with Crippen LogP contribution >= 0.6 is 11.8 Å². The van der Waals surface area contributed by atoms with E-state index in [0.29, 0.717) is 6.04 Å². The van der Waals surface area contributed by atoms with E-state index in [2.05, 4.69) is 43.6 Å². The second-order valence-corrected chi connectivity index (χ2v) is 5.85. The number of thioether (sulfide) groups is 1. The first-order valence-electron chi connectivity index (χ1n) is 7.24. The van der Waals surface area contributed by atoms with Crippen LogP contribution in [0.1, 0.15) is 25.6 Å². The molecule has 2 N–H and O–H groups in total. The summed E-state index contributed by atoms with van der Waals surface area (Å²) in [4.78, 5) is 4.59. The summed E-state index contributed by atoms with van der Waals surface area (Å²) in [5.74, 6) is 3.03. The molecule has 0 aromatic carbocycles. The van der Waals surface area contributed by atoms with Crippen molar-refractivity contribution in [3.05, 3.63) is 12.2 Å². The molecule has 1 aromatic heterocycles. The van der Waals surface area contributed by atoms with Gasteiger partial charge in [-0.15, -0.1) is 10.2 Å². The molecule has 112 valence electrons. The lowest BCUT2D eigenvalue weighted by atomic mass is 10.4. The molecule has 6 nitrogen and oxygen atoms in total. The van der Waals surface area contributed by atoms with Gasteiger partial charge in [0.1, 0.15) is 12.2 Å². The average Bonchev–Trinajstić information content (AvgIpc) is 3.15. The number of aryl methyl sites for hydroxylation is 1. The minimum atomic E-state index is 0.622. The third kappa shape index (κ3) is 5.03. The largest absolute Gasteiger partial charge is 0.355 e. The monoisotopic (exact) mass is 296 g/mol.